The Morgan fingerprint density at radius 1 is 1.30 bits per heavy atom. The number of rotatable bonds is 5. The number of benzene rings is 1. The van der Waals surface area contributed by atoms with Crippen LogP contribution >= 0.6 is 0 Å². The molecule has 1 heterocycles. The van der Waals surface area contributed by atoms with Gasteiger partial charge in [0.2, 0.25) is 0 Å². The zero-order valence-electron chi connectivity index (χ0n) is 13.5. The van der Waals surface area contributed by atoms with E-state index in [-0.39, 0.29) is 0 Å². The number of hydrogen-bond acceptors (Lipinski definition) is 2. The van der Waals surface area contributed by atoms with Crippen LogP contribution in [0.15, 0.2) is 18.2 Å². The largest absolute Gasteiger partial charge is 0.493 e. The average Bonchev–Trinajstić information content (AvgIpc) is 2.42. The molecule has 1 atom stereocenters. The molecule has 1 aromatic carbocycles. The highest BCUT2D eigenvalue weighted by Crippen LogP contribution is 2.31. The number of nitrogens with one attached hydrogen (secondary N) is 1. The molecule has 112 valence electrons. The summed E-state index contributed by atoms with van der Waals surface area (Å²) < 4.78 is 5.91. The molecule has 0 aromatic heterocycles. The molecular formula is C18H29NO. The summed E-state index contributed by atoms with van der Waals surface area (Å²) in [4.78, 5) is 0. The second-order valence-corrected chi connectivity index (χ2v) is 6.87. The molecule has 20 heavy (non-hydrogen) atoms. The van der Waals surface area contributed by atoms with Crippen molar-refractivity contribution in [3.63, 3.8) is 0 Å². The van der Waals surface area contributed by atoms with Crippen molar-refractivity contribution < 1.29 is 4.74 Å². The number of aryl methyl sites for hydroxylation is 2. The van der Waals surface area contributed by atoms with Crippen molar-refractivity contribution in [3.05, 3.63) is 29.3 Å². The fourth-order valence-corrected chi connectivity index (χ4v) is 3.04. The number of hydrogen-bond donors (Lipinski definition) is 1. The Kier molecular flexibility index (Phi) is 5.09. The maximum absolute atomic E-state index is 5.91. The molecule has 0 spiro atoms. The van der Waals surface area contributed by atoms with Crippen LogP contribution in [0, 0.1) is 5.41 Å². The van der Waals surface area contributed by atoms with Gasteiger partial charge in [-0.05, 0) is 48.8 Å². The smallest absolute Gasteiger partial charge is 0.125 e. The van der Waals surface area contributed by atoms with Gasteiger partial charge in [-0.1, -0.05) is 45.9 Å². The van der Waals surface area contributed by atoms with Crippen LogP contribution < -0.4 is 10.1 Å². The van der Waals surface area contributed by atoms with Crippen molar-refractivity contribution in [1.29, 1.82) is 0 Å². The van der Waals surface area contributed by atoms with Gasteiger partial charge in [0.1, 0.15) is 5.75 Å². The first-order valence-corrected chi connectivity index (χ1v) is 7.99. The van der Waals surface area contributed by atoms with E-state index >= 15 is 0 Å². The van der Waals surface area contributed by atoms with Crippen molar-refractivity contribution in [2.75, 3.05) is 13.2 Å². The first kappa shape index (κ1) is 15.4. The summed E-state index contributed by atoms with van der Waals surface area (Å²) in [6, 6.07) is 7.17. The van der Waals surface area contributed by atoms with Gasteiger partial charge in [0.05, 0.1) is 6.61 Å². The van der Waals surface area contributed by atoms with E-state index in [4.69, 9.17) is 4.74 Å². The minimum Gasteiger partial charge on any atom is -0.493 e. The van der Waals surface area contributed by atoms with Gasteiger partial charge in [0.25, 0.3) is 0 Å². The molecule has 1 aliphatic heterocycles. The number of ether oxygens (including phenoxy) is 1. The van der Waals surface area contributed by atoms with E-state index in [1.807, 2.05) is 0 Å². The molecule has 1 aromatic rings. The summed E-state index contributed by atoms with van der Waals surface area (Å²) in [5.74, 6) is 1.17. The van der Waals surface area contributed by atoms with Crippen LogP contribution in [0.1, 0.15) is 51.7 Å². The van der Waals surface area contributed by atoms with Gasteiger partial charge in [0.15, 0.2) is 0 Å². The van der Waals surface area contributed by atoms with E-state index in [0.717, 1.165) is 32.4 Å². The summed E-state index contributed by atoms with van der Waals surface area (Å²) in [6.07, 6.45) is 4.58. The zero-order chi connectivity index (χ0) is 14.6. The summed E-state index contributed by atoms with van der Waals surface area (Å²) >= 11 is 0. The Hall–Kier alpha value is -1.02. The lowest BCUT2D eigenvalue weighted by atomic mass is 9.83. The van der Waals surface area contributed by atoms with E-state index in [2.05, 4.69) is 51.2 Å². The van der Waals surface area contributed by atoms with Crippen LogP contribution in [-0.2, 0) is 12.8 Å². The predicted molar refractivity (Wildman–Crippen MR) is 85.5 cm³/mol. The van der Waals surface area contributed by atoms with Gasteiger partial charge in [0, 0.05) is 6.04 Å². The van der Waals surface area contributed by atoms with Crippen LogP contribution in [0.3, 0.4) is 0 Å². The Morgan fingerprint density at radius 2 is 2.10 bits per heavy atom. The van der Waals surface area contributed by atoms with Crippen LogP contribution in [0.25, 0.3) is 0 Å². The third-order valence-corrected chi connectivity index (χ3v) is 4.21. The third kappa shape index (κ3) is 3.76. The van der Waals surface area contributed by atoms with Gasteiger partial charge >= 0.3 is 0 Å². The molecule has 0 aliphatic carbocycles. The highest BCUT2D eigenvalue weighted by molar-refractivity contribution is 5.42. The molecule has 0 amide bonds. The fourth-order valence-electron chi connectivity index (χ4n) is 3.04. The quantitative estimate of drug-likeness (QED) is 0.878. The maximum Gasteiger partial charge on any atom is 0.125 e. The average molecular weight is 275 g/mol. The lowest BCUT2D eigenvalue weighted by molar-refractivity contribution is 0.255. The molecule has 2 rings (SSSR count). The van der Waals surface area contributed by atoms with Crippen molar-refractivity contribution >= 4 is 0 Å². The van der Waals surface area contributed by atoms with E-state index in [9.17, 15) is 0 Å². The van der Waals surface area contributed by atoms with Crippen molar-refractivity contribution in [1.82, 2.24) is 5.32 Å². The minimum absolute atomic E-state index is 0.297. The second-order valence-electron chi connectivity index (χ2n) is 6.87. The fraction of sp³-hybridized carbons (Fsp3) is 0.667. The van der Waals surface area contributed by atoms with Gasteiger partial charge in [-0.3, -0.25) is 0 Å². The van der Waals surface area contributed by atoms with E-state index in [1.54, 1.807) is 0 Å². The first-order chi connectivity index (χ1) is 9.52. The van der Waals surface area contributed by atoms with Crippen LogP contribution in [0.4, 0.5) is 0 Å². The van der Waals surface area contributed by atoms with Crippen molar-refractivity contribution in [3.8, 4) is 5.75 Å². The molecule has 0 bridgehead atoms. The molecule has 2 nitrogen and oxygen atoms in total. The van der Waals surface area contributed by atoms with Crippen LogP contribution in [-0.4, -0.2) is 19.2 Å². The van der Waals surface area contributed by atoms with Crippen LogP contribution in [0.2, 0.25) is 0 Å². The summed E-state index contributed by atoms with van der Waals surface area (Å²) in [5, 5.41) is 3.63. The van der Waals surface area contributed by atoms with E-state index < -0.39 is 0 Å². The predicted octanol–water partition coefficient (Wildman–Crippen LogP) is 3.97. The highest BCUT2D eigenvalue weighted by atomic mass is 16.5. The Balaban J connectivity index is 2.06. The summed E-state index contributed by atoms with van der Waals surface area (Å²) in [6.45, 7) is 11.0. The number of fused-ring (bicyclic) bond motifs is 1. The molecule has 1 unspecified atom stereocenters. The van der Waals surface area contributed by atoms with E-state index in [1.165, 1.54) is 23.3 Å². The summed E-state index contributed by atoms with van der Waals surface area (Å²) in [7, 11) is 0. The molecule has 1 aliphatic rings. The van der Waals surface area contributed by atoms with Gasteiger partial charge in [-0.2, -0.15) is 0 Å². The lowest BCUT2D eigenvalue weighted by Gasteiger charge is -2.32. The second kappa shape index (κ2) is 6.62. The molecule has 1 N–H and O–H groups in total. The molecule has 0 saturated carbocycles. The normalized spacial score (nSPS) is 16.4. The first-order valence-electron chi connectivity index (χ1n) is 7.99. The molecule has 0 saturated heterocycles. The summed E-state index contributed by atoms with van der Waals surface area (Å²) in [5.41, 5.74) is 3.07. The van der Waals surface area contributed by atoms with E-state index in [0.29, 0.717) is 11.5 Å². The monoisotopic (exact) mass is 275 g/mol. The van der Waals surface area contributed by atoms with Crippen LogP contribution in [0.5, 0.6) is 5.75 Å². The van der Waals surface area contributed by atoms with Gasteiger partial charge < -0.3 is 10.1 Å². The Morgan fingerprint density at radius 3 is 2.80 bits per heavy atom. The van der Waals surface area contributed by atoms with Gasteiger partial charge in [-0.15, -0.1) is 0 Å². The van der Waals surface area contributed by atoms with Gasteiger partial charge in [-0.25, -0.2) is 0 Å². The zero-order valence-corrected chi connectivity index (χ0v) is 13.5. The molecule has 0 radical (unpaired) electrons. The Bertz CT molecular complexity index is 434. The maximum atomic E-state index is 5.91. The number of para-hydroxylation sites is 1. The molecule has 2 heteroatoms. The standard InChI is InChI=1S/C18H29NO/c1-5-19-16(18(2,3)4)12-11-15-9-6-8-14-10-7-13-20-17(14)15/h6,8-9,16,19H,5,7,10-13H2,1-4H3. The lowest BCUT2D eigenvalue weighted by Crippen LogP contribution is -2.40. The molecule has 0 fully saturated rings. The Labute approximate surface area is 123 Å². The SMILES string of the molecule is CCNC(CCc1cccc2c1OCCC2)C(C)(C)C. The molecular weight excluding hydrogens is 246 g/mol. The van der Waals surface area contributed by atoms with Crippen molar-refractivity contribution in [2.24, 2.45) is 5.41 Å². The minimum atomic E-state index is 0.297. The van der Waals surface area contributed by atoms with Crippen molar-refractivity contribution in [2.45, 2.75) is 59.4 Å². The highest BCUT2D eigenvalue weighted by Gasteiger charge is 2.24. The topological polar surface area (TPSA) is 21.3 Å². The third-order valence-electron chi connectivity index (χ3n) is 4.21.